The molecule has 18 heavy (non-hydrogen) atoms. The quantitative estimate of drug-likeness (QED) is 0.570. The van der Waals surface area contributed by atoms with Gasteiger partial charge in [0.1, 0.15) is 0 Å². The Kier molecular flexibility index (Phi) is 2.28. The Hall–Kier alpha value is -1.76. The van der Waals surface area contributed by atoms with Gasteiger partial charge in [-0.3, -0.25) is 0 Å². The van der Waals surface area contributed by atoms with Crippen molar-refractivity contribution in [2.75, 3.05) is 0 Å². The maximum Gasteiger partial charge on any atom is 0.0467 e. The summed E-state index contributed by atoms with van der Waals surface area (Å²) >= 11 is 0. The first-order valence-electron chi connectivity index (χ1n) is 6.48. The molecule has 0 fully saturated rings. The van der Waals surface area contributed by atoms with E-state index in [0.717, 1.165) is 0 Å². The van der Waals surface area contributed by atoms with Crippen LogP contribution in [0.3, 0.4) is 0 Å². The van der Waals surface area contributed by atoms with Gasteiger partial charge in [-0.1, -0.05) is 39.0 Å². The average molecular weight is 237 g/mol. The Labute approximate surface area is 108 Å². The van der Waals surface area contributed by atoms with Gasteiger partial charge in [-0.15, -0.1) is 0 Å². The summed E-state index contributed by atoms with van der Waals surface area (Å²) in [5.74, 6) is 0. The monoisotopic (exact) mass is 237 g/mol. The van der Waals surface area contributed by atoms with E-state index >= 15 is 0 Å². The van der Waals surface area contributed by atoms with Crippen LogP contribution in [0.4, 0.5) is 0 Å². The molecule has 0 bridgehead atoms. The second-order valence-corrected chi connectivity index (χ2v) is 6.18. The molecule has 2 aromatic carbocycles. The summed E-state index contributed by atoms with van der Waals surface area (Å²) in [7, 11) is 0. The van der Waals surface area contributed by atoms with Gasteiger partial charge in [-0.05, 0) is 41.7 Å². The van der Waals surface area contributed by atoms with Crippen molar-refractivity contribution >= 4 is 21.8 Å². The van der Waals surface area contributed by atoms with Crippen molar-refractivity contribution in [2.24, 2.45) is 0 Å². The molecule has 0 saturated carbocycles. The SMILES string of the molecule is Cc1ccc2c(c1)[nH]c1ccc(C(C)(C)C)cc12. The summed E-state index contributed by atoms with van der Waals surface area (Å²) in [5, 5.41) is 2.65. The van der Waals surface area contributed by atoms with E-state index in [-0.39, 0.29) is 5.41 Å². The molecule has 0 aliphatic heterocycles. The number of rotatable bonds is 0. The molecule has 0 amide bonds. The normalized spacial score (nSPS) is 12.4. The molecule has 1 aromatic heterocycles. The molecule has 1 N–H and O–H groups in total. The third-order valence-electron chi connectivity index (χ3n) is 3.62. The highest BCUT2D eigenvalue weighted by Crippen LogP contribution is 2.30. The third-order valence-corrected chi connectivity index (χ3v) is 3.62. The first-order chi connectivity index (χ1) is 8.45. The molecule has 3 rings (SSSR count). The van der Waals surface area contributed by atoms with E-state index in [9.17, 15) is 0 Å². The van der Waals surface area contributed by atoms with Crippen LogP contribution in [-0.4, -0.2) is 4.98 Å². The van der Waals surface area contributed by atoms with Crippen molar-refractivity contribution in [1.29, 1.82) is 0 Å². The molecule has 0 spiro atoms. The van der Waals surface area contributed by atoms with Crippen molar-refractivity contribution in [2.45, 2.75) is 33.1 Å². The molecule has 1 nitrogen and oxygen atoms in total. The predicted octanol–water partition coefficient (Wildman–Crippen LogP) is 4.93. The lowest BCUT2D eigenvalue weighted by atomic mass is 9.86. The Morgan fingerprint density at radius 2 is 1.61 bits per heavy atom. The topological polar surface area (TPSA) is 15.8 Å². The minimum atomic E-state index is 0.197. The zero-order valence-corrected chi connectivity index (χ0v) is 11.5. The lowest BCUT2D eigenvalue weighted by Crippen LogP contribution is -2.10. The summed E-state index contributed by atoms with van der Waals surface area (Å²) in [6.07, 6.45) is 0. The molecular weight excluding hydrogens is 218 g/mol. The number of benzene rings is 2. The number of aromatic nitrogens is 1. The smallest absolute Gasteiger partial charge is 0.0467 e. The maximum absolute atomic E-state index is 3.50. The fourth-order valence-electron chi connectivity index (χ4n) is 2.48. The molecule has 0 saturated heterocycles. The lowest BCUT2D eigenvalue weighted by molar-refractivity contribution is 0.591. The second-order valence-electron chi connectivity index (χ2n) is 6.18. The molecule has 0 aliphatic carbocycles. The molecular formula is C17H19N. The minimum Gasteiger partial charge on any atom is -0.355 e. The fourth-order valence-corrected chi connectivity index (χ4v) is 2.48. The molecule has 3 aromatic rings. The highest BCUT2D eigenvalue weighted by molar-refractivity contribution is 6.07. The van der Waals surface area contributed by atoms with Gasteiger partial charge < -0.3 is 4.98 Å². The molecule has 0 unspecified atom stereocenters. The van der Waals surface area contributed by atoms with Crippen LogP contribution < -0.4 is 0 Å². The highest BCUT2D eigenvalue weighted by atomic mass is 14.7. The van der Waals surface area contributed by atoms with Crippen LogP contribution in [-0.2, 0) is 5.41 Å². The number of aryl methyl sites for hydroxylation is 1. The minimum absolute atomic E-state index is 0.197. The molecule has 1 heterocycles. The van der Waals surface area contributed by atoms with E-state index in [0.29, 0.717) is 0 Å². The van der Waals surface area contributed by atoms with Gasteiger partial charge >= 0.3 is 0 Å². The number of H-pyrrole nitrogens is 1. The summed E-state index contributed by atoms with van der Waals surface area (Å²) in [6.45, 7) is 8.90. The highest BCUT2D eigenvalue weighted by Gasteiger charge is 2.15. The van der Waals surface area contributed by atoms with Crippen molar-refractivity contribution < 1.29 is 0 Å². The Morgan fingerprint density at radius 1 is 0.833 bits per heavy atom. The standard InChI is InChI=1S/C17H19N/c1-11-5-7-13-14-10-12(17(2,3)4)6-8-15(14)18-16(13)9-11/h5-10,18H,1-4H3. The Bertz CT molecular complexity index is 726. The third kappa shape index (κ3) is 1.71. The van der Waals surface area contributed by atoms with Gasteiger partial charge in [0.25, 0.3) is 0 Å². The molecule has 1 heteroatoms. The van der Waals surface area contributed by atoms with Gasteiger partial charge in [0.15, 0.2) is 0 Å². The summed E-state index contributed by atoms with van der Waals surface area (Å²) < 4.78 is 0. The fraction of sp³-hybridized carbons (Fsp3) is 0.294. The van der Waals surface area contributed by atoms with Gasteiger partial charge in [0, 0.05) is 21.8 Å². The lowest BCUT2D eigenvalue weighted by Gasteiger charge is -2.18. The van der Waals surface area contributed by atoms with E-state index in [4.69, 9.17) is 0 Å². The van der Waals surface area contributed by atoms with Gasteiger partial charge in [-0.25, -0.2) is 0 Å². The van der Waals surface area contributed by atoms with E-state index in [1.54, 1.807) is 0 Å². The Balaban J connectivity index is 2.36. The number of fused-ring (bicyclic) bond motifs is 3. The van der Waals surface area contributed by atoms with Crippen molar-refractivity contribution in [3.8, 4) is 0 Å². The number of nitrogens with one attached hydrogen (secondary N) is 1. The largest absolute Gasteiger partial charge is 0.355 e. The molecule has 0 atom stereocenters. The van der Waals surface area contributed by atoms with Crippen molar-refractivity contribution in [3.05, 3.63) is 47.5 Å². The van der Waals surface area contributed by atoms with Crippen LogP contribution in [0.25, 0.3) is 21.8 Å². The molecule has 92 valence electrons. The van der Waals surface area contributed by atoms with Crippen LogP contribution in [0, 0.1) is 6.92 Å². The predicted molar refractivity (Wildman–Crippen MR) is 79.2 cm³/mol. The van der Waals surface area contributed by atoms with Crippen LogP contribution in [0.2, 0.25) is 0 Å². The van der Waals surface area contributed by atoms with E-state index in [1.807, 2.05) is 0 Å². The number of aromatic amines is 1. The Morgan fingerprint density at radius 3 is 2.33 bits per heavy atom. The van der Waals surface area contributed by atoms with E-state index in [2.05, 4.69) is 69.1 Å². The summed E-state index contributed by atoms with van der Waals surface area (Å²) in [6, 6.07) is 13.4. The van der Waals surface area contributed by atoms with Gasteiger partial charge in [0.05, 0.1) is 0 Å². The first kappa shape index (κ1) is 11.3. The average Bonchev–Trinajstić information content (AvgIpc) is 2.63. The van der Waals surface area contributed by atoms with Crippen molar-refractivity contribution in [1.82, 2.24) is 4.98 Å². The van der Waals surface area contributed by atoms with Crippen LogP contribution in [0.15, 0.2) is 36.4 Å². The van der Waals surface area contributed by atoms with E-state index < -0.39 is 0 Å². The van der Waals surface area contributed by atoms with Crippen LogP contribution in [0.5, 0.6) is 0 Å². The number of hydrogen-bond donors (Lipinski definition) is 1. The summed E-state index contributed by atoms with van der Waals surface area (Å²) in [4.78, 5) is 3.50. The first-order valence-corrected chi connectivity index (χ1v) is 6.48. The molecule has 0 radical (unpaired) electrons. The zero-order valence-electron chi connectivity index (χ0n) is 11.5. The molecule has 0 aliphatic rings. The summed E-state index contributed by atoms with van der Waals surface area (Å²) in [5.41, 5.74) is 5.34. The van der Waals surface area contributed by atoms with E-state index in [1.165, 1.54) is 32.9 Å². The van der Waals surface area contributed by atoms with Crippen molar-refractivity contribution in [3.63, 3.8) is 0 Å². The van der Waals surface area contributed by atoms with Crippen LogP contribution >= 0.6 is 0 Å². The second kappa shape index (κ2) is 3.61. The zero-order chi connectivity index (χ0) is 12.9. The number of hydrogen-bond acceptors (Lipinski definition) is 0. The van der Waals surface area contributed by atoms with Gasteiger partial charge in [-0.2, -0.15) is 0 Å². The van der Waals surface area contributed by atoms with Gasteiger partial charge in [0.2, 0.25) is 0 Å². The maximum atomic E-state index is 3.50. The van der Waals surface area contributed by atoms with Crippen LogP contribution in [0.1, 0.15) is 31.9 Å².